The highest BCUT2D eigenvalue weighted by Crippen LogP contribution is 2.30. The first-order valence-electron chi connectivity index (χ1n) is 8.34. The molecule has 5 heteroatoms. The van der Waals surface area contributed by atoms with Crippen LogP contribution in [0.1, 0.15) is 43.6 Å². The third-order valence-corrected chi connectivity index (χ3v) is 4.18. The van der Waals surface area contributed by atoms with E-state index in [2.05, 4.69) is 10.6 Å². The van der Waals surface area contributed by atoms with Crippen LogP contribution in [0.4, 0.5) is 5.69 Å². The van der Waals surface area contributed by atoms with E-state index < -0.39 is 0 Å². The summed E-state index contributed by atoms with van der Waals surface area (Å²) in [6.45, 7) is 1.95. The molecule has 0 saturated heterocycles. The molecule has 0 spiro atoms. The van der Waals surface area contributed by atoms with Crippen molar-refractivity contribution in [2.45, 2.75) is 38.6 Å². The zero-order chi connectivity index (χ0) is 16.9. The summed E-state index contributed by atoms with van der Waals surface area (Å²) < 4.78 is 5.23. The maximum absolute atomic E-state index is 12.0. The van der Waals surface area contributed by atoms with Gasteiger partial charge in [-0.1, -0.05) is 12.1 Å². The van der Waals surface area contributed by atoms with Gasteiger partial charge in [0.15, 0.2) is 0 Å². The number of amides is 2. The number of benzene rings is 1. The molecule has 126 valence electrons. The van der Waals surface area contributed by atoms with Gasteiger partial charge in [0, 0.05) is 24.4 Å². The van der Waals surface area contributed by atoms with Crippen LogP contribution in [0.15, 0.2) is 47.1 Å². The Bertz CT molecular complexity index is 688. The Morgan fingerprint density at radius 3 is 2.58 bits per heavy atom. The molecule has 2 N–H and O–H groups in total. The average Bonchev–Trinajstić information content (AvgIpc) is 3.30. The average molecular weight is 326 g/mol. The summed E-state index contributed by atoms with van der Waals surface area (Å²) in [5.41, 5.74) is 1.80. The van der Waals surface area contributed by atoms with Gasteiger partial charge in [0.25, 0.3) is 0 Å². The standard InChI is InChI=1S/C19H22N2O3/c1-13(20-18(22)11-10-17-3-2-12-24-17)14-6-8-16(9-7-14)21-19(23)15-4-5-15/h2-3,6-9,12-13,15H,4-5,10-11H2,1H3,(H,20,22)(H,21,23)/t13-/m1/s1. The SMILES string of the molecule is C[C@@H](NC(=O)CCc1ccco1)c1ccc(NC(=O)C2CC2)cc1. The maximum atomic E-state index is 12.0. The van der Waals surface area contributed by atoms with Gasteiger partial charge in [0.2, 0.25) is 11.8 Å². The summed E-state index contributed by atoms with van der Waals surface area (Å²) in [7, 11) is 0. The first-order valence-corrected chi connectivity index (χ1v) is 8.34. The van der Waals surface area contributed by atoms with Gasteiger partial charge in [-0.05, 0) is 49.6 Å². The van der Waals surface area contributed by atoms with Crippen molar-refractivity contribution in [1.82, 2.24) is 5.32 Å². The zero-order valence-electron chi connectivity index (χ0n) is 13.7. The number of rotatable bonds is 7. The van der Waals surface area contributed by atoms with E-state index in [-0.39, 0.29) is 23.8 Å². The number of hydrogen-bond acceptors (Lipinski definition) is 3. The Balaban J connectivity index is 1.47. The molecule has 2 aromatic rings. The second kappa shape index (κ2) is 7.34. The number of hydrogen-bond donors (Lipinski definition) is 2. The number of nitrogens with one attached hydrogen (secondary N) is 2. The van der Waals surface area contributed by atoms with Gasteiger partial charge in [0.05, 0.1) is 12.3 Å². The monoisotopic (exact) mass is 326 g/mol. The van der Waals surface area contributed by atoms with E-state index in [1.165, 1.54) is 0 Å². The van der Waals surface area contributed by atoms with Crippen LogP contribution in [0.3, 0.4) is 0 Å². The summed E-state index contributed by atoms with van der Waals surface area (Å²) in [6.07, 6.45) is 4.58. The Morgan fingerprint density at radius 2 is 1.96 bits per heavy atom. The van der Waals surface area contributed by atoms with E-state index in [0.29, 0.717) is 12.8 Å². The van der Waals surface area contributed by atoms with Crippen LogP contribution in [-0.2, 0) is 16.0 Å². The normalized spacial score (nSPS) is 14.9. The lowest BCUT2D eigenvalue weighted by Crippen LogP contribution is -2.26. The molecule has 1 aromatic heterocycles. The fourth-order valence-electron chi connectivity index (χ4n) is 2.53. The lowest BCUT2D eigenvalue weighted by atomic mass is 10.1. The summed E-state index contributed by atoms with van der Waals surface area (Å²) in [4.78, 5) is 23.7. The minimum atomic E-state index is -0.0812. The van der Waals surface area contributed by atoms with E-state index in [1.54, 1.807) is 6.26 Å². The fraction of sp³-hybridized carbons (Fsp3) is 0.368. The van der Waals surface area contributed by atoms with Gasteiger partial charge in [0.1, 0.15) is 5.76 Å². The van der Waals surface area contributed by atoms with E-state index in [0.717, 1.165) is 29.9 Å². The number of furan rings is 1. The molecular weight excluding hydrogens is 304 g/mol. The molecule has 0 radical (unpaired) electrons. The summed E-state index contributed by atoms with van der Waals surface area (Å²) in [5.74, 6) is 1.10. The largest absolute Gasteiger partial charge is 0.469 e. The predicted octanol–water partition coefficient (Wildman–Crippen LogP) is 3.44. The van der Waals surface area contributed by atoms with Crippen LogP contribution in [0.25, 0.3) is 0 Å². The minimum Gasteiger partial charge on any atom is -0.469 e. The smallest absolute Gasteiger partial charge is 0.227 e. The molecule has 0 aliphatic heterocycles. The molecule has 3 rings (SSSR count). The summed E-state index contributed by atoms with van der Waals surface area (Å²) >= 11 is 0. The fourth-order valence-corrected chi connectivity index (χ4v) is 2.53. The van der Waals surface area contributed by atoms with Crippen molar-refractivity contribution < 1.29 is 14.0 Å². The molecule has 1 saturated carbocycles. The van der Waals surface area contributed by atoms with Gasteiger partial charge in [-0.2, -0.15) is 0 Å². The van der Waals surface area contributed by atoms with Gasteiger partial charge in [-0.25, -0.2) is 0 Å². The van der Waals surface area contributed by atoms with Crippen LogP contribution in [0.5, 0.6) is 0 Å². The van der Waals surface area contributed by atoms with Gasteiger partial charge in [-0.3, -0.25) is 9.59 Å². The van der Waals surface area contributed by atoms with Crippen molar-refractivity contribution in [3.05, 3.63) is 54.0 Å². The quantitative estimate of drug-likeness (QED) is 0.819. The molecule has 1 atom stereocenters. The number of carbonyl (C=O) groups is 2. The van der Waals surface area contributed by atoms with Crippen LogP contribution in [0, 0.1) is 5.92 Å². The number of anilines is 1. The third-order valence-electron chi connectivity index (χ3n) is 4.18. The molecular formula is C19H22N2O3. The van der Waals surface area contributed by atoms with Crippen molar-refractivity contribution in [3.8, 4) is 0 Å². The summed E-state index contributed by atoms with van der Waals surface area (Å²) in [6, 6.07) is 11.2. The molecule has 1 aliphatic rings. The Hall–Kier alpha value is -2.56. The molecule has 1 aliphatic carbocycles. The van der Waals surface area contributed by atoms with Crippen molar-refractivity contribution in [2.24, 2.45) is 5.92 Å². The highest BCUT2D eigenvalue weighted by atomic mass is 16.3. The highest BCUT2D eigenvalue weighted by molar-refractivity contribution is 5.94. The van der Waals surface area contributed by atoms with Gasteiger partial charge < -0.3 is 15.1 Å². The second-order valence-electron chi connectivity index (χ2n) is 6.25. The first-order chi connectivity index (χ1) is 11.6. The number of aryl methyl sites for hydroxylation is 1. The molecule has 1 aromatic carbocycles. The second-order valence-corrected chi connectivity index (χ2v) is 6.25. The van der Waals surface area contributed by atoms with E-state index in [4.69, 9.17) is 4.42 Å². The molecule has 2 amide bonds. The third kappa shape index (κ3) is 4.47. The Morgan fingerprint density at radius 1 is 1.21 bits per heavy atom. The topological polar surface area (TPSA) is 71.3 Å². The van der Waals surface area contributed by atoms with E-state index in [9.17, 15) is 9.59 Å². The lowest BCUT2D eigenvalue weighted by molar-refractivity contribution is -0.121. The van der Waals surface area contributed by atoms with Gasteiger partial charge >= 0.3 is 0 Å². The van der Waals surface area contributed by atoms with Crippen molar-refractivity contribution in [2.75, 3.05) is 5.32 Å². The Labute approximate surface area is 141 Å². The van der Waals surface area contributed by atoms with Crippen LogP contribution < -0.4 is 10.6 Å². The Kier molecular flexibility index (Phi) is 4.99. The van der Waals surface area contributed by atoms with Crippen LogP contribution in [0.2, 0.25) is 0 Å². The van der Waals surface area contributed by atoms with Crippen LogP contribution in [-0.4, -0.2) is 11.8 Å². The maximum Gasteiger partial charge on any atom is 0.227 e. The molecule has 5 nitrogen and oxygen atoms in total. The molecule has 1 heterocycles. The minimum absolute atomic E-state index is 0.00925. The highest BCUT2D eigenvalue weighted by Gasteiger charge is 2.29. The van der Waals surface area contributed by atoms with Gasteiger partial charge in [-0.15, -0.1) is 0 Å². The first kappa shape index (κ1) is 16.3. The molecule has 1 fully saturated rings. The van der Waals surface area contributed by atoms with Crippen LogP contribution >= 0.6 is 0 Å². The van der Waals surface area contributed by atoms with E-state index >= 15 is 0 Å². The van der Waals surface area contributed by atoms with Crippen molar-refractivity contribution in [3.63, 3.8) is 0 Å². The number of carbonyl (C=O) groups excluding carboxylic acids is 2. The molecule has 0 unspecified atom stereocenters. The van der Waals surface area contributed by atoms with E-state index in [1.807, 2.05) is 43.3 Å². The summed E-state index contributed by atoms with van der Waals surface area (Å²) in [5, 5.41) is 5.89. The lowest BCUT2D eigenvalue weighted by Gasteiger charge is -2.15. The predicted molar refractivity (Wildman–Crippen MR) is 91.4 cm³/mol. The molecule has 24 heavy (non-hydrogen) atoms. The zero-order valence-corrected chi connectivity index (χ0v) is 13.7. The van der Waals surface area contributed by atoms with Crippen molar-refractivity contribution in [1.29, 1.82) is 0 Å². The molecule has 0 bridgehead atoms. The van der Waals surface area contributed by atoms with Crippen molar-refractivity contribution >= 4 is 17.5 Å².